The lowest BCUT2D eigenvalue weighted by Gasteiger charge is -2.12. The van der Waals surface area contributed by atoms with Crippen molar-refractivity contribution >= 4 is 17.9 Å². The van der Waals surface area contributed by atoms with E-state index in [0.717, 1.165) is 26.4 Å². The van der Waals surface area contributed by atoms with E-state index in [1.807, 2.05) is 0 Å². The third-order valence-corrected chi connectivity index (χ3v) is 3.41. The van der Waals surface area contributed by atoms with E-state index in [1.165, 1.54) is 12.0 Å². The van der Waals surface area contributed by atoms with E-state index in [0.29, 0.717) is 6.42 Å². The predicted molar refractivity (Wildman–Crippen MR) is 82.0 cm³/mol. The highest BCUT2D eigenvalue weighted by Gasteiger charge is 2.21. The Morgan fingerprint density at radius 3 is 2.33 bits per heavy atom. The van der Waals surface area contributed by atoms with Crippen LogP contribution in [0.15, 0.2) is 23.2 Å². The molecule has 0 heterocycles. The first-order chi connectivity index (χ1) is 11.5. The summed E-state index contributed by atoms with van der Waals surface area (Å²) in [5.41, 5.74) is 1.26. The van der Waals surface area contributed by atoms with E-state index in [2.05, 4.69) is 15.5 Å². The van der Waals surface area contributed by atoms with Gasteiger partial charge in [0.25, 0.3) is 11.5 Å². The number of hydrogen-bond acceptors (Lipinski definition) is 8. The van der Waals surface area contributed by atoms with E-state index >= 15 is 0 Å². The quantitative estimate of drug-likeness (QED) is 0.171. The monoisotopic (exact) mass is 342 g/mol. The molecule has 2 N–H and O–H groups in total. The lowest BCUT2D eigenvalue weighted by Crippen LogP contribution is -2.18. The maximum absolute atomic E-state index is 11.6. The van der Waals surface area contributed by atoms with Crippen LogP contribution in [-0.2, 0) is 28.6 Å². The molecule has 24 heavy (non-hydrogen) atoms. The van der Waals surface area contributed by atoms with Gasteiger partial charge in [-0.25, -0.2) is 9.59 Å². The predicted octanol–water partition coefficient (Wildman–Crippen LogP) is 1.85. The van der Waals surface area contributed by atoms with Crippen LogP contribution in [0, 0.1) is 0 Å². The summed E-state index contributed by atoms with van der Waals surface area (Å²) in [7, 11) is 0.972. The fourth-order valence-electron chi connectivity index (χ4n) is 2.11. The molecule has 8 nitrogen and oxygen atoms in total. The number of ether oxygens (including phenoxy) is 3. The second kappa shape index (κ2) is 10.3. The number of carbonyl (C=O) groups is 3. The molecule has 0 aromatic rings. The first kappa shape index (κ1) is 19.5. The van der Waals surface area contributed by atoms with Crippen molar-refractivity contribution in [2.75, 3.05) is 20.3 Å². The Labute approximate surface area is 139 Å². The first-order valence-electron chi connectivity index (χ1n) is 7.67. The summed E-state index contributed by atoms with van der Waals surface area (Å²) >= 11 is 0. The molecule has 0 saturated heterocycles. The number of allylic oxidation sites excluding steroid dienone is 2. The second-order valence-corrected chi connectivity index (χ2v) is 5.15. The minimum absolute atomic E-state index is 0.185. The van der Waals surface area contributed by atoms with Crippen LogP contribution in [0.3, 0.4) is 0 Å². The van der Waals surface area contributed by atoms with Gasteiger partial charge in [0.1, 0.15) is 13.2 Å². The molecule has 0 unspecified atom stereocenters. The molecule has 0 aromatic heterocycles. The Kier molecular flexibility index (Phi) is 8.38. The van der Waals surface area contributed by atoms with E-state index in [-0.39, 0.29) is 19.6 Å². The molecule has 0 aliphatic heterocycles. The van der Waals surface area contributed by atoms with E-state index in [1.54, 1.807) is 0 Å². The fourth-order valence-corrected chi connectivity index (χ4v) is 2.11. The molecule has 0 saturated carbocycles. The van der Waals surface area contributed by atoms with Gasteiger partial charge in [-0.3, -0.25) is 4.79 Å². The van der Waals surface area contributed by atoms with Crippen LogP contribution in [0.4, 0.5) is 0 Å². The average molecular weight is 342 g/mol. The molecule has 134 valence electrons. The van der Waals surface area contributed by atoms with Crippen molar-refractivity contribution in [3.63, 3.8) is 0 Å². The molecule has 1 rings (SSSR count). The van der Waals surface area contributed by atoms with Crippen LogP contribution in [-0.4, -0.2) is 48.4 Å². The minimum Gasteiger partial charge on any atom is -0.499 e. The van der Waals surface area contributed by atoms with Crippen LogP contribution in [0.5, 0.6) is 0 Å². The molecule has 0 fully saturated rings. The average Bonchev–Trinajstić information content (AvgIpc) is 2.62. The number of aliphatic hydroxyl groups excluding tert-OH is 2. The van der Waals surface area contributed by atoms with Crippen LogP contribution in [0.2, 0.25) is 0 Å². The highest BCUT2D eigenvalue weighted by molar-refractivity contribution is 5.96. The Morgan fingerprint density at radius 2 is 1.71 bits per heavy atom. The van der Waals surface area contributed by atoms with Gasteiger partial charge in [-0.1, -0.05) is 11.6 Å². The van der Waals surface area contributed by atoms with E-state index in [4.69, 9.17) is 9.84 Å². The first-order valence-corrected chi connectivity index (χ1v) is 7.67. The molecule has 0 radical (unpaired) electrons. The van der Waals surface area contributed by atoms with Crippen molar-refractivity contribution in [1.82, 2.24) is 0 Å². The number of methoxy groups -OCH3 is 1. The zero-order valence-corrected chi connectivity index (χ0v) is 13.6. The van der Waals surface area contributed by atoms with Crippen molar-refractivity contribution in [2.45, 2.75) is 38.5 Å². The van der Waals surface area contributed by atoms with E-state index in [9.17, 15) is 19.5 Å². The van der Waals surface area contributed by atoms with Gasteiger partial charge in [0.2, 0.25) is 0 Å². The summed E-state index contributed by atoms with van der Waals surface area (Å²) in [6, 6.07) is 0. The SMILES string of the molecule is COC(=O)/C(O)=C(\O)C(=O)OCCOC(=O)CCC1=CCCCC1. The smallest absolute Gasteiger partial charge is 0.377 e. The molecule has 0 atom stereocenters. The van der Waals surface area contributed by atoms with Gasteiger partial charge in [0.15, 0.2) is 0 Å². The third kappa shape index (κ3) is 6.72. The lowest BCUT2D eigenvalue weighted by atomic mass is 9.96. The summed E-state index contributed by atoms with van der Waals surface area (Å²) in [4.78, 5) is 33.8. The van der Waals surface area contributed by atoms with Crippen molar-refractivity contribution in [1.29, 1.82) is 0 Å². The molecule has 0 bridgehead atoms. The van der Waals surface area contributed by atoms with Crippen LogP contribution in [0.1, 0.15) is 38.5 Å². The zero-order valence-electron chi connectivity index (χ0n) is 13.6. The molecular formula is C16H22O8. The van der Waals surface area contributed by atoms with Gasteiger partial charge < -0.3 is 24.4 Å². The lowest BCUT2D eigenvalue weighted by molar-refractivity contribution is -0.152. The van der Waals surface area contributed by atoms with Crippen molar-refractivity contribution in [2.24, 2.45) is 0 Å². The highest BCUT2D eigenvalue weighted by Crippen LogP contribution is 2.21. The van der Waals surface area contributed by atoms with Crippen molar-refractivity contribution in [3.05, 3.63) is 23.2 Å². The van der Waals surface area contributed by atoms with Gasteiger partial charge in [-0.05, 0) is 32.1 Å². The van der Waals surface area contributed by atoms with Crippen LogP contribution >= 0.6 is 0 Å². The number of carbonyl (C=O) groups excluding carboxylic acids is 3. The van der Waals surface area contributed by atoms with Crippen molar-refractivity contribution < 1.29 is 38.8 Å². The van der Waals surface area contributed by atoms with Gasteiger partial charge >= 0.3 is 17.9 Å². The number of esters is 3. The fraction of sp³-hybridized carbons (Fsp3) is 0.562. The summed E-state index contributed by atoms with van der Waals surface area (Å²) in [5, 5.41) is 18.4. The maximum atomic E-state index is 11.6. The Hall–Kier alpha value is -2.51. The van der Waals surface area contributed by atoms with Gasteiger partial charge in [-0.15, -0.1) is 0 Å². The summed E-state index contributed by atoms with van der Waals surface area (Å²) in [6.45, 7) is -0.498. The molecule has 8 heteroatoms. The van der Waals surface area contributed by atoms with Crippen molar-refractivity contribution in [3.8, 4) is 0 Å². The highest BCUT2D eigenvalue weighted by atomic mass is 16.6. The van der Waals surface area contributed by atoms with E-state index < -0.39 is 29.4 Å². The summed E-state index contributed by atoms with van der Waals surface area (Å²) in [6.07, 6.45) is 7.47. The normalized spacial score (nSPS) is 15.0. The topological polar surface area (TPSA) is 119 Å². The van der Waals surface area contributed by atoms with Crippen LogP contribution in [0.25, 0.3) is 0 Å². The van der Waals surface area contributed by atoms with Gasteiger partial charge in [0, 0.05) is 6.42 Å². The summed E-state index contributed by atoms with van der Waals surface area (Å²) in [5.74, 6) is -5.51. The Bertz CT molecular complexity index is 532. The largest absolute Gasteiger partial charge is 0.499 e. The number of hydrogen-bond donors (Lipinski definition) is 2. The summed E-state index contributed by atoms with van der Waals surface area (Å²) < 4.78 is 13.6. The molecule has 1 aliphatic carbocycles. The Balaban J connectivity index is 2.22. The molecule has 1 aliphatic rings. The van der Waals surface area contributed by atoms with Gasteiger partial charge in [-0.2, -0.15) is 0 Å². The van der Waals surface area contributed by atoms with Crippen LogP contribution < -0.4 is 0 Å². The zero-order chi connectivity index (χ0) is 17.9. The number of aliphatic hydroxyl groups is 2. The third-order valence-electron chi connectivity index (χ3n) is 3.41. The molecule has 0 spiro atoms. The molecular weight excluding hydrogens is 320 g/mol. The molecule has 0 aromatic carbocycles. The Morgan fingerprint density at radius 1 is 1.04 bits per heavy atom. The van der Waals surface area contributed by atoms with Gasteiger partial charge in [0.05, 0.1) is 7.11 Å². The molecule has 0 amide bonds. The maximum Gasteiger partial charge on any atom is 0.377 e. The number of rotatable bonds is 8. The second-order valence-electron chi connectivity index (χ2n) is 5.15. The minimum atomic E-state index is -1.32. The standard InChI is InChI=1S/C16H22O8/c1-22-15(20)13(18)14(19)16(21)24-10-9-23-12(17)8-7-11-5-3-2-4-6-11/h5,18-19H,2-4,6-10H2,1H3/b14-13+.